The number of rotatable bonds is 49. The number of phosphoric acid groups is 1. The van der Waals surface area contributed by atoms with E-state index in [9.17, 15) is 19.4 Å². The van der Waals surface area contributed by atoms with Gasteiger partial charge in [-0.1, -0.05) is 231 Å². The summed E-state index contributed by atoms with van der Waals surface area (Å²) < 4.78 is 23.3. The highest BCUT2D eigenvalue weighted by molar-refractivity contribution is 7.45. The van der Waals surface area contributed by atoms with E-state index >= 15 is 0 Å². The van der Waals surface area contributed by atoms with Crippen LogP contribution >= 0.6 is 7.82 Å². The van der Waals surface area contributed by atoms with Crippen molar-refractivity contribution in [1.82, 2.24) is 5.32 Å². The molecule has 0 aromatic rings. The fraction of sp³-hybridized carbons (Fsp3) is 0.942. The Morgan fingerprint density at radius 2 is 0.902 bits per heavy atom. The van der Waals surface area contributed by atoms with E-state index < -0.39 is 20.0 Å². The van der Waals surface area contributed by atoms with Gasteiger partial charge in [-0.05, 0) is 38.5 Å². The molecule has 0 saturated heterocycles. The minimum Gasteiger partial charge on any atom is -0.756 e. The number of unbranched alkanes of at least 4 members (excludes halogenated alkanes) is 34. The molecule has 2 N–H and O–H groups in total. The van der Waals surface area contributed by atoms with E-state index in [4.69, 9.17) is 9.05 Å². The number of carbonyl (C=O) groups is 1. The van der Waals surface area contributed by atoms with Gasteiger partial charge in [-0.25, -0.2) is 0 Å². The molecule has 1 amide bonds. The molecule has 0 aromatic carbocycles. The Hall–Kier alpha value is -0.760. The van der Waals surface area contributed by atoms with Crippen LogP contribution in [0, 0.1) is 0 Å². The van der Waals surface area contributed by atoms with Gasteiger partial charge in [0.2, 0.25) is 5.91 Å². The first-order valence-corrected chi connectivity index (χ1v) is 28.0. The van der Waals surface area contributed by atoms with E-state index in [0.717, 1.165) is 38.5 Å². The van der Waals surface area contributed by atoms with Gasteiger partial charge in [-0.3, -0.25) is 9.36 Å². The van der Waals surface area contributed by atoms with Crippen molar-refractivity contribution in [3.63, 3.8) is 0 Å². The lowest BCUT2D eigenvalue weighted by Crippen LogP contribution is -2.46. The molecular weight excluding hydrogens is 780 g/mol. The van der Waals surface area contributed by atoms with E-state index in [0.29, 0.717) is 23.9 Å². The fourth-order valence-electron chi connectivity index (χ4n) is 8.04. The monoisotopic (exact) mass is 885 g/mol. The summed E-state index contributed by atoms with van der Waals surface area (Å²) in [5, 5.41) is 13.9. The van der Waals surface area contributed by atoms with Crippen LogP contribution in [0.1, 0.15) is 264 Å². The number of amides is 1. The first kappa shape index (κ1) is 60.2. The van der Waals surface area contributed by atoms with Crippen molar-refractivity contribution in [2.75, 3.05) is 40.9 Å². The number of phosphoric ester groups is 1. The maximum absolute atomic E-state index is 12.9. The molecule has 61 heavy (non-hydrogen) atoms. The Morgan fingerprint density at radius 1 is 0.557 bits per heavy atom. The number of nitrogens with zero attached hydrogens (tertiary/aromatic N) is 1. The van der Waals surface area contributed by atoms with Crippen LogP contribution in [0.5, 0.6) is 0 Å². The Bertz CT molecular complexity index is 1000. The number of quaternary nitrogens is 1. The van der Waals surface area contributed by atoms with Crippen LogP contribution < -0.4 is 10.2 Å². The van der Waals surface area contributed by atoms with Crippen LogP contribution in [0.4, 0.5) is 0 Å². The van der Waals surface area contributed by atoms with Crippen LogP contribution in [-0.4, -0.2) is 68.5 Å². The molecule has 0 radical (unpaired) electrons. The van der Waals surface area contributed by atoms with Crippen LogP contribution in [0.25, 0.3) is 0 Å². The largest absolute Gasteiger partial charge is 0.756 e. The number of hydrogen-bond donors (Lipinski definition) is 2. The number of aliphatic hydroxyl groups excluding tert-OH is 1. The summed E-state index contributed by atoms with van der Waals surface area (Å²) in [5.74, 6) is -0.162. The first-order valence-electron chi connectivity index (χ1n) is 26.5. The molecule has 364 valence electrons. The minimum absolute atomic E-state index is 0.0148. The smallest absolute Gasteiger partial charge is 0.268 e. The maximum atomic E-state index is 12.9. The van der Waals surface area contributed by atoms with E-state index in [-0.39, 0.29) is 19.1 Å². The summed E-state index contributed by atoms with van der Waals surface area (Å²) in [6.45, 7) is 4.73. The number of allylic oxidation sites excluding steroid dienone is 2. The van der Waals surface area contributed by atoms with Crippen molar-refractivity contribution >= 4 is 13.7 Å². The third kappa shape index (κ3) is 47.0. The molecule has 0 aliphatic rings. The van der Waals surface area contributed by atoms with Gasteiger partial charge in [0, 0.05) is 6.42 Å². The highest BCUT2D eigenvalue weighted by Crippen LogP contribution is 2.38. The Morgan fingerprint density at radius 3 is 1.28 bits per heavy atom. The third-order valence-corrected chi connectivity index (χ3v) is 13.2. The first-order chi connectivity index (χ1) is 29.5. The van der Waals surface area contributed by atoms with Crippen molar-refractivity contribution in [3.05, 3.63) is 12.2 Å². The molecule has 0 aliphatic carbocycles. The van der Waals surface area contributed by atoms with Crippen molar-refractivity contribution in [2.45, 2.75) is 276 Å². The molecular formula is C52H105N2O6P. The zero-order chi connectivity index (χ0) is 45.0. The lowest BCUT2D eigenvalue weighted by Gasteiger charge is -2.30. The molecule has 0 fully saturated rings. The van der Waals surface area contributed by atoms with Gasteiger partial charge in [0.25, 0.3) is 7.82 Å². The van der Waals surface area contributed by atoms with Gasteiger partial charge in [-0.2, -0.15) is 0 Å². The van der Waals surface area contributed by atoms with Crippen molar-refractivity contribution < 1.29 is 32.9 Å². The molecule has 3 atom stereocenters. The lowest BCUT2D eigenvalue weighted by atomic mass is 10.0. The van der Waals surface area contributed by atoms with E-state index in [1.807, 2.05) is 21.1 Å². The van der Waals surface area contributed by atoms with Crippen molar-refractivity contribution in [1.29, 1.82) is 0 Å². The average molecular weight is 885 g/mol. The van der Waals surface area contributed by atoms with E-state index in [1.54, 1.807) is 0 Å². The molecule has 0 heterocycles. The molecule has 0 spiro atoms. The Labute approximate surface area is 380 Å². The molecule has 0 rings (SSSR count). The maximum Gasteiger partial charge on any atom is 0.268 e. The predicted molar refractivity (Wildman–Crippen MR) is 261 cm³/mol. The van der Waals surface area contributed by atoms with Crippen LogP contribution in [0.15, 0.2) is 12.2 Å². The van der Waals surface area contributed by atoms with E-state index in [2.05, 4.69) is 31.3 Å². The molecule has 9 heteroatoms. The number of aliphatic hydroxyl groups is 1. The van der Waals surface area contributed by atoms with Gasteiger partial charge < -0.3 is 28.8 Å². The lowest BCUT2D eigenvalue weighted by molar-refractivity contribution is -0.870. The second-order valence-electron chi connectivity index (χ2n) is 19.6. The zero-order valence-electron chi connectivity index (χ0n) is 41.4. The minimum atomic E-state index is -4.56. The third-order valence-electron chi connectivity index (χ3n) is 12.3. The molecule has 0 bridgehead atoms. The highest BCUT2D eigenvalue weighted by atomic mass is 31.2. The molecule has 0 aliphatic heterocycles. The van der Waals surface area contributed by atoms with Gasteiger partial charge in [-0.15, -0.1) is 0 Å². The quantitative estimate of drug-likeness (QED) is 0.0273. The Kier molecular flexibility index (Phi) is 43.9. The van der Waals surface area contributed by atoms with E-state index in [1.165, 1.54) is 199 Å². The SMILES string of the molecule is CCCCCCCCCC/C=C\CCCCCCCCCCCCCCCCCCCC(=O)NC(COP(=O)([O-])OCC[N+](C)(C)C)C(O)CCCCCCCCCCCC. The normalized spacial score (nSPS) is 14.1. The average Bonchev–Trinajstić information content (AvgIpc) is 3.21. The summed E-state index contributed by atoms with van der Waals surface area (Å²) >= 11 is 0. The molecule has 0 aromatic heterocycles. The van der Waals surface area contributed by atoms with Crippen LogP contribution in [0.2, 0.25) is 0 Å². The zero-order valence-corrected chi connectivity index (χ0v) is 42.3. The topological polar surface area (TPSA) is 108 Å². The predicted octanol–water partition coefficient (Wildman–Crippen LogP) is 14.8. The molecule has 0 saturated carbocycles. The van der Waals surface area contributed by atoms with Crippen LogP contribution in [-0.2, 0) is 18.4 Å². The van der Waals surface area contributed by atoms with Gasteiger partial charge in [0.1, 0.15) is 13.2 Å². The van der Waals surface area contributed by atoms with Crippen molar-refractivity contribution in [3.8, 4) is 0 Å². The number of hydrogen-bond acceptors (Lipinski definition) is 6. The summed E-state index contributed by atoms with van der Waals surface area (Å²) in [6.07, 6.45) is 52.5. The number of nitrogens with one attached hydrogen (secondary N) is 1. The summed E-state index contributed by atoms with van der Waals surface area (Å²) in [6, 6.07) is -0.794. The molecule has 8 nitrogen and oxygen atoms in total. The second kappa shape index (κ2) is 44.4. The van der Waals surface area contributed by atoms with Crippen molar-refractivity contribution in [2.24, 2.45) is 0 Å². The number of carbonyl (C=O) groups excluding carboxylic acids is 1. The highest BCUT2D eigenvalue weighted by Gasteiger charge is 2.24. The Balaban J connectivity index is 3.98. The fourth-order valence-corrected chi connectivity index (χ4v) is 8.76. The number of likely N-dealkylation sites (N-methyl/N-ethyl adjacent to an activating group) is 1. The molecule has 3 unspecified atom stereocenters. The second-order valence-corrected chi connectivity index (χ2v) is 21.0. The van der Waals surface area contributed by atoms with Crippen LogP contribution in [0.3, 0.4) is 0 Å². The summed E-state index contributed by atoms with van der Waals surface area (Å²) in [4.78, 5) is 25.4. The standard InChI is InChI=1S/C52H105N2O6P/c1-6-8-10-12-14-16-18-19-20-21-22-23-24-25-26-27-28-29-30-31-32-33-34-35-36-38-40-42-44-46-52(56)53-50(49-60-61(57,58)59-48-47-54(3,4)5)51(55)45-43-41-39-37-17-15-13-11-9-7-2/h21-22,50-51,55H,6-20,23-49H2,1-5H3,(H-,53,56,57,58)/b22-21-. The summed E-state index contributed by atoms with van der Waals surface area (Å²) in [5.41, 5.74) is 0. The summed E-state index contributed by atoms with van der Waals surface area (Å²) in [7, 11) is 1.31. The van der Waals surface area contributed by atoms with Gasteiger partial charge >= 0.3 is 0 Å². The van der Waals surface area contributed by atoms with Gasteiger partial charge in [0.15, 0.2) is 0 Å². The van der Waals surface area contributed by atoms with Gasteiger partial charge in [0.05, 0.1) is 39.9 Å².